The van der Waals surface area contributed by atoms with Gasteiger partial charge in [-0.25, -0.2) is 4.98 Å². The van der Waals surface area contributed by atoms with E-state index in [9.17, 15) is 0 Å². The zero-order valence-electron chi connectivity index (χ0n) is 12.4. The summed E-state index contributed by atoms with van der Waals surface area (Å²) in [6, 6.07) is 0.521. The van der Waals surface area contributed by atoms with E-state index in [1.807, 2.05) is 0 Å². The Bertz CT molecular complexity index is 334. The molecule has 0 spiro atoms. The highest BCUT2D eigenvalue weighted by Crippen LogP contribution is 2.22. The van der Waals surface area contributed by atoms with Gasteiger partial charge in [-0.15, -0.1) is 11.3 Å². The molecule has 0 aliphatic carbocycles. The summed E-state index contributed by atoms with van der Waals surface area (Å²) in [5.74, 6) is 0.690. The molecule has 0 fully saturated rings. The Morgan fingerprint density at radius 3 is 2.61 bits per heavy atom. The summed E-state index contributed by atoms with van der Waals surface area (Å²) in [7, 11) is 0. The van der Waals surface area contributed by atoms with E-state index >= 15 is 0 Å². The molecule has 1 heterocycles. The lowest BCUT2D eigenvalue weighted by atomic mass is 10.2. The van der Waals surface area contributed by atoms with Crippen molar-refractivity contribution in [1.29, 1.82) is 0 Å². The van der Waals surface area contributed by atoms with Crippen LogP contribution in [-0.2, 0) is 6.54 Å². The standard InChI is InChI=1S/C14H27N3S/c1-6-7-17(12(4)5)14-16-13(10-18-14)9-15-8-11(2)3/h10-12,15H,6-9H2,1-5H3. The van der Waals surface area contributed by atoms with Gasteiger partial charge in [-0.05, 0) is 32.7 Å². The van der Waals surface area contributed by atoms with E-state index in [-0.39, 0.29) is 0 Å². The fraction of sp³-hybridized carbons (Fsp3) is 0.786. The first-order chi connectivity index (χ1) is 8.54. The Hall–Kier alpha value is -0.610. The maximum absolute atomic E-state index is 4.73. The van der Waals surface area contributed by atoms with Gasteiger partial charge in [0.15, 0.2) is 5.13 Å². The van der Waals surface area contributed by atoms with E-state index < -0.39 is 0 Å². The van der Waals surface area contributed by atoms with E-state index in [1.165, 1.54) is 6.42 Å². The lowest BCUT2D eigenvalue weighted by molar-refractivity contribution is 0.548. The minimum Gasteiger partial charge on any atom is -0.346 e. The highest BCUT2D eigenvalue weighted by atomic mass is 32.1. The molecule has 1 N–H and O–H groups in total. The third kappa shape index (κ3) is 4.94. The van der Waals surface area contributed by atoms with E-state index in [1.54, 1.807) is 11.3 Å². The van der Waals surface area contributed by atoms with Crippen LogP contribution in [0.2, 0.25) is 0 Å². The topological polar surface area (TPSA) is 28.2 Å². The molecule has 0 aliphatic heterocycles. The second-order valence-electron chi connectivity index (χ2n) is 5.43. The van der Waals surface area contributed by atoms with Crippen LogP contribution < -0.4 is 10.2 Å². The second kappa shape index (κ2) is 7.74. The molecule has 0 amide bonds. The summed E-state index contributed by atoms with van der Waals surface area (Å²) in [6.45, 7) is 14.1. The molecule has 0 radical (unpaired) electrons. The second-order valence-corrected chi connectivity index (χ2v) is 6.27. The zero-order chi connectivity index (χ0) is 13.5. The van der Waals surface area contributed by atoms with E-state index in [4.69, 9.17) is 4.98 Å². The van der Waals surface area contributed by atoms with Gasteiger partial charge >= 0.3 is 0 Å². The van der Waals surface area contributed by atoms with Crippen LogP contribution in [0.1, 0.15) is 46.7 Å². The van der Waals surface area contributed by atoms with Gasteiger partial charge in [0.25, 0.3) is 0 Å². The zero-order valence-corrected chi connectivity index (χ0v) is 13.2. The molecule has 1 aromatic rings. The molecule has 3 nitrogen and oxygen atoms in total. The Kier molecular flexibility index (Phi) is 6.65. The molecule has 0 aliphatic rings. The van der Waals surface area contributed by atoms with Gasteiger partial charge < -0.3 is 10.2 Å². The predicted molar refractivity (Wildman–Crippen MR) is 81.4 cm³/mol. The summed E-state index contributed by atoms with van der Waals surface area (Å²) >= 11 is 1.76. The Balaban J connectivity index is 2.55. The average Bonchev–Trinajstić information content (AvgIpc) is 2.73. The molecule has 0 bridgehead atoms. The van der Waals surface area contributed by atoms with Crippen molar-refractivity contribution in [2.24, 2.45) is 5.92 Å². The van der Waals surface area contributed by atoms with Gasteiger partial charge in [0.1, 0.15) is 0 Å². The minimum absolute atomic E-state index is 0.521. The van der Waals surface area contributed by atoms with E-state index in [2.05, 4.69) is 50.2 Å². The molecule has 0 aromatic carbocycles. The first-order valence-electron chi connectivity index (χ1n) is 6.96. The fourth-order valence-electron chi connectivity index (χ4n) is 1.81. The highest BCUT2D eigenvalue weighted by molar-refractivity contribution is 7.13. The van der Waals surface area contributed by atoms with Gasteiger partial charge in [-0.1, -0.05) is 20.8 Å². The number of hydrogen-bond donors (Lipinski definition) is 1. The molecule has 18 heavy (non-hydrogen) atoms. The Labute approximate surface area is 116 Å². The van der Waals surface area contributed by atoms with Gasteiger partial charge in [-0.3, -0.25) is 0 Å². The van der Waals surface area contributed by atoms with E-state index in [0.29, 0.717) is 12.0 Å². The molecule has 0 unspecified atom stereocenters. The molecule has 0 saturated carbocycles. The molecule has 0 atom stereocenters. The number of nitrogens with one attached hydrogen (secondary N) is 1. The quantitative estimate of drug-likeness (QED) is 0.783. The molecule has 104 valence electrons. The van der Waals surface area contributed by atoms with Crippen LogP contribution >= 0.6 is 11.3 Å². The SMILES string of the molecule is CCCN(c1nc(CNCC(C)C)cs1)C(C)C. The summed E-state index contributed by atoms with van der Waals surface area (Å²) in [5.41, 5.74) is 1.16. The number of thiazole rings is 1. The number of aromatic nitrogens is 1. The van der Waals surface area contributed by atoms with Crippen molar-refractivity contribution in [2.75, 3.05) is 18.0 Å². The van der Waals surface area contributed by atoms with E-state index in [0.717, 1.165) is 30.5 Å². The van der Waals surface area contributed by atoms with Crippen molar-refractivity contribution in [3.63, 3.8) is 0 Å². The van der Waals surface area contributed by atoms with Crippen LogP contribution in [-0.4, -0.2) is 24.1 Å². The number of hydrogen-bond acceptors (Lipinski definition) is 4. The molecular formula is C14H27N3S. The van der Waals surface area contributed by atoms with Crippen LogP contribution in [0.15, 0.2) is 5.38 Å². The third-order valence-corrected chi connectivity index (χ3v) is 3.66. The van der Waals surface area contributed by atoms with Crippen molar-refractivity contribution in [2.45, 2.75) is 53.6 Å². The third-order valence-electron chi connectivity index (χ3n) is 2.73. The molecule has 1 rings (SSSR count). The summed E-state index contributed by atoms with van der Waals surface area (Å²) in [4.78, 5) is 7.11. The fourth-order valence-corrected chi connectivity index (χ4v) is 2.80. The number of nitrogens with zero attached hydrogens (tertiary/aromatic N) is 2. The average molecular weight is 269 g/mol. The maximum Gasteiger partial charge on any atom is 0.185 e. The number of rotatable bonds is 8. The van der Waals surface area contributed by atoms with Crippen LogP contribution in [0.25, 0.3) is 0 Å². The van der Waals surface area contributed by atoms with Crippen LogP contribution in [0.4, 0.5) is 5.13 Å². The number of anilines is 1. The Morgan fingerprint density at radius 2 is 2.06 bits per heavy atom. The lowest BCUT2D eigenvalue weighted by Crippen LogP contribution is -2.31. The van der Waals surface area contributed by atoms with Gasteiger partial charge in [0.05, 0.1) is 5.69 Å². The summed E-state index contributed by atoms with van der Waals surface area (Å²) < 4.78 is 0. The molecule has 0 saturated heterocycles. The maximum atomic E-state index is 4.73. The first-order valence-corrected chi connectivity index (χ1v) is 7.84. The monoisotopic (exact) mass is 269 g/mol. The predicted octanol–water partition coefficient (Wildman–Crippen LogP) is 3.51. The first kappa shape index (κ1) is 15.4. The normalized spacial score (nSPS) is 11.5. The van der Waals surface area contributed by atoms with Crippen molar-refractivity contribution in [3.05, 3.63) is 11.1 Å². The van der Waals surface area contributed by atoms with Crippen molar-refractivity contribution >= 4 is 16.5 Å². The van der Waals surface area contributed by atoms with Crippen LogP contribution in [0.5, 0.6) is 0 Å². The largest absolute Gasteiger partial charge is 0.346 e. The van der Waals surface area contributed by atoms with Crippen molar-refractivity contribution < 1.29 is 0 Å². The van der Waals surface area contributed by atoms with Crippen LogP contribution in [0, 0.1) is 5.92 Å². The van der Waals surface area contributed by atoms with Crippen molar-refractivity contribution in [3.8, 4) is 0 Å². The van der Waals surface area contributed by atoms with Gasteiger partial charge in [0.2, 0.25) is 0 Å². The Morgan fingerprint density at radius 1 is 1.33 bits per heavy atom. The summed E-state index contributed by atoms with van der Waals surface area (Å²) in [6.07, 6.45) is 1.17. The lowest BCUT2D eigenvalue weighted by Gasteiger charge is -2.25. The minimum atomic E-state index is 0.521. The van der Waals surface area contributed by atoms with Gasteiger partial charge in [0, 0.05) is 24.5 Å². The highest BCUT2D eigenvalue weighted by Gasteiger charge is 2.13. The smallest absolute Gasteiger partial charge is 0.185 e. The van der Waals surface area contributed by atoms with Crippen LogP contribution in [0.3, 0.4) is 0 Å². The molecular weight excluding hydrogens is 242 g/mol. The molecule has 1 aromatic heterocycles. The molecule has 4 heteroatoms. The van der Waals surface area contributed by atoms with Gasteiger partial charge in [-0.2, -0.15) is 0 Å². The van der Waals surface area contributed by atoms with Crippen molar-refractivity contribution in [1.82, 2.24) is 10.3 Å². The summed E-state index contributed by atoms with van der Waals surface area (Å²) in [5, 5.41) is 6.77.